The number of nitrogens with zero attached hydrogens (tertiary/aromatic N) is 3. The van der Waals surface area contributed by atoms with Gasteiger partial charge in [0, 0.05) is 42.5 Å². The Morgan fingerprint density at radius 2 is 1.94 bits per heavy atom. The number of rotatable bonds is 4. The van der Waals surface area contributed by atoms with Crippen molar-refractivity contribution in [1.29, 1.82) is 0 Å². The van der Waals surface area contributed by atoms with E-state index in [4.69, 9.17) is 9.47 Å². The van der Waals surface area contributed by atoms with Crippen molar-refractivity contribution in [3.8, 4) is 11.5 Å². The van der Waals surface area contributed by atoms with Gasteiger partial charge in [-0.2, -0.15) is 5.10 Å². The average Bonchev–Trinajstić information content (AvgIpc) is 3.20. The Kier molecular flexibility index (Phi) is 6.40. The number of hydrogen-bond donors (Lipinski definition) is 1. The number of alkyl halides is 1. The maximum atomic E-state index is 15.5. The molecule has 2 heterocycles. The van der Waals surface area contributed by atoms with Crippen LogP contribution in [0.3, 0.4) is 0 Å². The van der Waals surface area contributed by atoms with E-state index in [1.165, 1.54) is 26.3 Å². The lowest BCUT2D eigenvalue weighted by Crippen LogP contribution is -2.41. The van der Waals surface area contributed by atoms with Gasteiger partial charge in [-0.25, -0.2) is 18.6 Å². The Morgan fingerprint density at radius 1 is 1.21 bits per heavy atom. The second-order valence-corrected chi connectivity index (χ2v) is 8.23. The molecule has 2 aromatic rings. The van der Waals surface area contributed by atoms with E-state index in [0.717, 1.165) is 5.69 Å². The first-order valence-electron chi connectivity index (χ1n) is 10.9. The number of anilines is 1. The minimum Gasteiger partial charge on any atom is -0.493 e. The first-order valence-corrected chi connectivity index (χ1v) is 10.9. The predicted octanol–water partition coefficient (Wildman–Crippen LogP) is 3.73. The fourth-order valence-electron chi connectivity index (χ4n) is 4.40. The van der Waals surface area contributed by atoms with Gasteiger partial charge in [-0.05, 0) is 38.0 Å². The molecule has 9 heteroatoms. The number of halogens is 2. The second kappa shape index (κ2) is 9.25. The molecule has 2 aliphatic heterocycles. The number of fused-ring (bicyclic) bond motifs is 1. The number of hydrogen-bond acceptors (Lipinski definition) is 5. The largest absolute Gasteiger partial charge is 0.493 e. The molecule has 2 atom stereocenters. The Hall–Kier alpha value is -3.36. The third kappa shape index (κ3) is 4.19. The van der Waals surface area contributed by atoms with Crippen molar-refractivity contribution >= 4 is 17.4 Å². The highest BCUT2D eigenvalue weighted by atomic mass is 19.1. The molecule has 2 aromatic carbocycles. The highest BCUT2D eigenvalue weighted by Gasteiger charge is 2.31. The Balaban J connectivity index is 1.85. The molecule has 2 unspecified atom stereocenters. The number of amides is 2. The molecular formula is C24H28F2N4O3. The molecule has 1 fully saturated rings. The first kappa shape index (κ1) is 22.8. The summed E-state index contributed by atoms with van der Waals surface area (Å²) in [5, 5.41) is 8.58. The Labute approximate surface area is 192 Å². The SMILES string of the molecule is CNC(=O)N1N=C(c2ccc(N3CCC(F)C3)cc2)c2cc(OC)c(OC)c(F)c2CC1C. The molecule has 0 bridgehead atoms. The highest BCUT2D eigenvalue weighted by Crippen LogP contribution is 2.38. The van der Waals surface area contributed by atoms with Gasteiger partial charge in [-0.15, -0.1) is 0 Å². The average molecular weight is 459 g/mol. The third-order valence-electron chi connectivity index (χ3n) is 6.15. The predicted molar refractivity (Wildman–Crippen MR) is 123 cm³/mol. The normalized spacial score (nSPS) is 20.1. The third-order valence-corrected chi connectivity index (χ3v) is 6.15. The Bertz CT molecular complexity index is 1070. The van der Waals surface area contributed by atoms with Gasteiger partial charge in [0.05, 0.1) is 26.0 Å². The summed E-state index contributed by atoms with van der Waals surface area (Å²) < 4.78 is 39.8. The molecule has 1 N–H and O–H groups in total. The summed E-state index contributed by atoms with van der Waals surface area (Å²) >= 11 is 0. The monoisotopic (exact) mass is 458 g/mol. The standard InChI is InChI=1S/C24H28F2N4O3/c1-14-11-18-19(12-20(32-3)23(33-4)21(18)26)22(28-30(14)24(31)27-2)15-5-7-17(8-6-15)29-10-9-16(25)13-29/h5-8,12,14,16H,9-11,13H2,1-4H3,(H,27,31). The van der Waals surface area contributed by atoms with Crippen LogP contribution < -0.4 is 19.7 Å². The maximum Gasteiger partial charge on any atom is 0.337 e. The van der Waals surface area contributed by atoms with Crippen molar-refractivity contribution in [1.82, 2.24) is 10.3 Å². The quantitative estimate of drug-likeness (QED) is 0.758. The van der Waals surface area contributed by atoms with Crippen LogP contribution in [0.2, 0.25) is 0 Å². The van der Waals surface area contributed by atoms with E-state index in [-0.39, 0.29) is 17.9 Å². The number of carbonyl (C=O) groups excluding carboxylic acids is 1. The van der Waals surface area contributed by atoms with Gasteiger partial charge in [-0.3, -0.25) is 0 Å². The second-order valence-electron chi connectivity index (χ2n) is 8.23. The van der Waals surface area contributed by atoms with Crippen molar-refractivity contribution in [2.24, 2.45) is 5.10 Å². The lowest BCUT2D eigenvalue weighted by molar-refractivity contribution is 0.184. The van der Waals surface area contributed by atoms with Gasteiger partial charge in [0.15, 0.2) is 17.3 Å². The van der Waals surface area contributed by atoms with E-state index in [1.54, 1.807) is 6.07 Å². The zero-order valence-electron chi connectivity index (χ0n) is 19.2. The number of nitrogens with one attached hydrogen (secondary N) is 1. The van der Waals surface area contributed by atoms with Crippen LogP contribution >= 0.6 is 0 Å². The summed E-state index contributed by atoms with van der Waals surface area (Å²) in [7, 11) is 4.36. The number of carbonyl (C=O) groups is 1. The molecule has 0 spiro atoms. The van der Waals surface area contributed by atoms with Crippen LogP contribution in [0.15, 0.2) is 35.4 Å². The lowest BCUT2D eigenvalue weighted by atomic mass is 9.93. The molecule has 176 valence electrons. The summed E-state index contributed by atoms with van der Waals surface area (Å²) in [6, 6.07) is 8.40. The van der Waals surface area contributed by atoms with Crippen LogP contribution in [0, 0.1) is 5.82 Å². The van der Waals surface area contributed by atoms with Crippen LogP contribution in [0.4, 0.5) is 19.3 Å². The van der Waals surface area contributed by atoms with Crippen LogP contribution in [0.5, 0.6) is 11.5 Å². The molecule has 1 saturated heterocycles. The minimum absolute atomic E-state index is 0.0151. The van der Waals surface area contributed by atoms with Crippen LogP contribution in [0.25, 0.3) is 0 Å². The molecule has 7 nitrogen and oxygen atoms in total. The number of benzene rings is 2. The van der Waals surface area contributed by atoms with Crippen molar-refractivity contribution in [3.05, 3.63) is 52.8 Å². The van der Waals surface area contributed by atoms with Crippen molar-refractivity contribution in [2.45, 2.75) is 32.0 Å². The summed E-state index contributed by atoms with van der Waals surface area (Å²) in [5.41, 5.74) is 2.97. The van der Waals surface area contributed by atoms with Crippen LogP contribution in [0.1, 0.15) is 30.0 Å². The smallest absolute Gasteiger partial charge is 0.337 e. The van der Waals surface area contributed by atoms with Gasteiger partial charge in [0.1, 0.15) is 6.17 Å². The minimum atomic E-state index is -0.823. The van der Waals surface area contributed by atoms with Gasteiger partial charge in [0.25, 0.3) is 0 Å². The van der Waals surface area contributed by atoms with E-state index in [2.05, 4.69) is 10.4 Å². The van der Waals surface area contributed by atoms with E-state index in [1.807, 2.05) is 36.1 Å². The number of urea groups is 1. The van der Waals surface area contributed by atoms with Gasteiger partial charge >= 0.3 is 6.03 Å². The summed E-state index contributed by atoms with van der Waals surface area (Å²) in [6.07, 6.45) is -0.0660. The molecule has 0 saturated carbocycles. The summed E-state index contributed by atoms with van der Waals surface area (Å²) in [4.78, 5) is 14.6. The molecule has 0 aromatic heterocycles. The molecule has 33 heavy (non-hydrogen) atoms. The summed E-state index contributed by atoms with van der Waals surface area (Å²) in [5.74, 6) is -0.278. The van der Waals surface area contributed by atoms with E-state index in [9.17, 15) is 9.18 Å². The maximum absolute atomic E-state index is 15.5. The topological polar surface area (TPSA) is 66.4 Å². The van der Waals surface area contributed by atoms with Crippen molar-refractivity contribution in [2.75, 3.05) is 39.3 Å². The van der Waals surface area contributed by atoms with E-state index >= 15 is 4.39 Å². The van der Waals surface area contributed by atoms with Gasteiger partial charge < -0.3 is 19.7 Å². The summed E-state index contributed by atoms with van der Waals surface area (Å²) in [6.45, 7) is 2.84. The number of ether oxygens (including phenoxy) is 2. The fourth-order valence-corrected chi connectivity index (χ4v) is 4.40. The molecule has 2 amide bonds. The number of hydrazone groups is 1. The van der Waals surface area contributed by atoms with E-state index in [0.29, 0.717) is 41.9 Å². The lowest BCUT2D eigenvalue weighted by Gasteiger charge is -2.22. The molecule has 2 aliphatic rings. The molecule has 4 rings (SSSR count). The van der Waals surface area contributed by atoms with Crippen molar-refractivity contribution < 1.29 is 23.0 Å². The zero-order chi connectivity index (χ0) is 23.7. The highest BCUT2D eigenvalue weighted by molar-refractivity contribution is 6.14. The van der Waals surface area contributed by atoms with Crippen molar-refractivity contribution in [3.63, 3.8) is 0 Å². The van der Waals surface area contributed by atoms with Gasteiger partial charge in [-0.1, -0.05) is 12.1 Å². The Morgan fingerprint density at radius 3 is 2.52 bits per heavy atom. The number of methoxy groups -OCH3 is 2. The molecule has 0 radical (unpaired) electrons. The van der Waals surface area contributed by atoms with Gasteiger partial charge in [0.2, 0.25) is 0 Å². The van der Waals surface area contributed by atoms with Crippen LogP contribution in [-0.2, 0) is 6.42 Å². The van der Waals surface area contributed by atoms with E-state index < -0.39 is 24.1 Å². The fraction of sp³-hybridized carbons (Fsp3) is 0.417. The zero-order valence-corrected chi connectivity index (χ0v) is 19.2. The molecular weight excluding hydrogens is 430 g/mol. The first-order chi connectivity index (χ1) is 15.9. The molecule has 0 aliphatic carbocycles. The van der Waals surface area contributed by atoms with Crippen LogP contribution in [-0.4, -0.2) is 63.3 Å².